The van der Waals surface area contributed by atoms with Crippen LogP contribution in [0.5, 0.6) is 0 Å². The Bertz CT molecular complexity index is 738. The first kappa shape index (κ1) is 13.4. The van der Waals surface area contributed by atoms with E-state index in [1.54, 1.807) is 6.08 Å². The molecule has 0 amide bonds. The second-order valence-electron chi connectivity index (χ2n) is 6.05. The normalized spacial score (nSPS) is 23.6. The summed E-state index contributed by atoms with van der Waals surface area (Å²) in [6, 6.07) is 10.6. The Kier molecular flexibility index (Phi) is 3.34. The van der Waals surface area contributed by atoms with Gasteiger partial charge in [-0.15, -0.1) is 0 Å². The van der Waals surface area contributed by atoms with Crippen LogP contribution in [0.4, 0.5) is 0 Å². The van der Waals surface area contributed by atoms with E-state index >= 15 is 0 Å². The number of rotatable bonds is 2. The Balaban J connectivity index is 1.66. The summed E-state index contributed by atoms with van der Waals surface area (Å²) in [7, 11) is 0. The maximum Gasteiger partial charge on any atom is 0.156 e. The molecule has 22 heavy (non-hydrogen) atoms. The van der Waals surface area contributed by atoms with Crippen LogP contribution < -0.4 is 0 Å². The standard InChI is InChI=1S/C19H18N2O/c22-16-6-7-17-15(12-16)11-14-8-9-20-18(19(14)21-17)10-13-4-2-1-3-5-13/h1-5,11-12,17H,6-10H2. The molecule has 1 aliphatic carbocycles. The van der Waals surface area contributed by atoms with Gasteiger partial charge in [-0.3, -0.25) is 14.8 Å². The number of aliphatic imine (C=N–C) groups is 2. The summed E-state index contributed by atoms with van der Waals surface area (Å²) < 4.78 is 0. The Morgan fingerprint density at radius 2 is 1.95 bits per heavy atom. The van der Waals surface area contributed by atoms with Crippen molar-refractivity contribution in [1.29, 1.82) is 0 Å². The van der Waals surface area contributed by atoms with Crippen LogP contribution >= 0.6 is 0 Å². The molecule has 0 N–H and O–H groups in total. The molecule has 4 rings (SSSR count). The lowest BCUT2D eigenvalue weighted by molar-refractivity contribution is -0.115. The van der Waals surface area contributed by atoms with E-state index in [-0.39, 0.29) is 11.8 Å². The van der Waals surface area contributed by atoms with Gasteiger partial charge in [0.1, 0.15) is 0 Å². The van der Waals surface area contributed by atoms with Crippen molar-refractivity contribution in [2.24, 2.45) is 9.98 Å². The molecular weight excluding hydrogens is 272 g/mol. The molecule has 1 aromatic rings. The average molecular weight is 290 g/mol. The molecule has 1 atom stereocenters. The van der Waals surface area contributed by atoms with Crippen LogP contribution in [-0.4, -0.2) is 29.8 Å². The number of benzene rings is 1. The summed E-state index contributed by atoms with van der Waals surface area (Å²) in [6.07, 6.45) is 7.17. The zero-order chi connectivity index (χ0) is 14.9. The van der Waals surface area contributed by atoms with Gasteiger partial charge in [0, 0.05) is 19.4 Å². The predicted molar refractivity (Wildman–Crippen MR) is 88.7 cm³/mol. The summed E-state index contributed by atoms with van der Waals surface area (Å²) >= 11 is 0. The topological polar surface area (TPSA) is 41.8 Å². The molecule has 2 aliphatic heterocycles. The van der Waals surface area contributed by atoms with Crippen LogP contribution in [-0.2, 0) is 11.2 Å². The van der Waals surface area contributed by atoms with Crippen molar-refractivity contribution in [2.45, 2.75) is 31.7 Å². The zero-order valence-corrected chi connectivity index (χ0v) is 12.5. The van der Waals surface area contributed by atoms with Gasteiger partial charge < -0.3 is 0 Å². The summed E-state index contributed by atoms with van der Waals surface area (Å²) in [6.45, 7) is 0.818. The fourth-order valence-electron chi connectivity index (χ4n) is 3.35. The maximum atomic E-state index is 11.6. The number of carbonyl (C=O) groups excluding carboxylic acids is 1. The number of carbonyl (C=O) groups is 1. The third-order valence-electron chi connectivity index (χ3n) is 4.48. The number of hydrogen-bond donors (Lipinski definition) is 0. The fourth-order valence-corrected chi connectivity index (χ4v) is 3.35. The van der Waals surface area contributed by atoms with Crippen molar-refractivity contribution in [1.82, 2.24) is 0 Å². The van der Waals surface area contributed by atoms with Gasteiger partial charge in [0.25, 0.3) is 0 Å². The fraction of sp³-hybridized carbons (Fsp3) is 0.316. The quantitative estimate of drug-likeness (QED) is 0.825. The summed E-state index contributed by atoms with van der Waals surface area (Å²) in [5.74, 6) is 0.232. The second kappa shape index (κ2) is 5.48. The van der Waals surface area contributed by atoms with Crippen molar-refractivity contribution < 1.29 is 4.79 Å². The van der Waals surface area contributed by atoms with Crippen LogP contribution in [0.15, 0.2) is 63.6 Å². The summed E-state index contributed by atoms with van der Waals surface area (Å²) in [5.41, 5.74) is 5.78. The third-order valence-corrected chi connectivity index (χ3v) is 4.48. The Labute approximate surface area is 130 Å². The molecule has 3 heteroatoms. The molecule has 1 aromatic carbocycles. The van der Waals surface area contributed by atoms with Gasteiger partial charge in [0.2, 0.25) is 0 Å². The lowest BCUT2D eigenvalue weighted by Gasteiger charge is -2.28. The van der Waals surface area contributed by atoms with Crippen molar-refractivity contribution in [3.05, 3.63) is 59.2 Å². The monoisotopic (exact) mass is 290 g/mol. The van der Waals surface area contributed by atoms with Gasteiger partial charge in [-0.25, -0.2) is 0 Å². The van der Waals surface area contributed by atoms with Crippen molar-refractivity contribution in [3.63, 3.8) is 0 Å². The molecule has 0 bridgehead atoms. The van der Waals surface area contributed by atoms with E-state index < -0.39 is 0 Å². The lowest BCUT2D eigenvalue weighted by atomic mass is 9.85. The van der Waals surface area contributed by atoms with Crippen LogP contribution in [0, 0.1) is 0 Å². The van der Waals surface area contributed by atoms with Crippen molar-refractivity contribution in [3.8, 4) is 0 Å². The molecule has 1 unspecified atom stereocenters. The van der Waals surface area contributed by atoms with Gasteiger partial charge >= 0.3 is 0 Å². The highest BCUT2D eigenvalue weighted by Gasteiger charge is 2.28. The first-order chi connectivity index (χ1) is 10.8. The number of hydrogen-bond acceptors (Lipinski definition) is 3. The largest absolute Gasteiger partial charge is 0.295 e. The van der Waals surface area contributed by atoms with E-state index in [9.17, 15) is 4.79 Å². The van der Waals surface area contributed by atoms with Gasteiger partial charge in [0.15, 0.2) is 5.78 Å². The molecule has 2 heterocycles. The van der Waals surface area contributed by atoms with Gasteiger partial charge in [-0.05, 0) is 35.6 Å². The number of nitrogens with zero attached hydrogens (tertiary/aromatic N) is 2. The van der Waals surface area contributed by atoms with E-state index in [0.29, 0.717) is 6.42 Å². The second-order valence-corrected chi connectivity index (χ2v) is 6.05. The van der Waals surface area contributed by atoms with E-state index in [2.05, 4.69) is 30.3 Å². The molecule has 0 aromatic heterocycles. The highest BCUT2D eigenvalue weighted by Crippen LogP contribution is 2.30. The van der Waals surface area contributed by atoms with E-state index in [0.717, 1.165) is 42.8 Å². The minimum atomic E-state index is 0.149. The zero-order valence-electron chi connectivity index (χ0n) is 12.5. The summed E-state index contributed by atoms with van der Waals surface area (Å²) in [4.78, 5) is 21.3. The summed E-state index contributed by atoms with van der Waals surface area (Å²) in [5, 5.41) is 0. The molecule has 0 spiro atoms. The molecule has 3 nitrogen and oxygen atoms in total. The Morgan fingerprint density at radius 1 is 1.09 bits per heavy atom. The number of dihydropyridines is 1. The third kappa shape index (κ3) is 2.47. The van der Waals surface area contributed by atoms with Crippen LogP contribution in [0.1, 0.15) is 24.8 Å². The molecule has 0 saturated heterocycles. The van der Waals surface area contributed by atoms with Crippen LogP contribution in [0.25, 0.3) is 0 Å². The van der Waals surface area contributed by atoms with Gasteiger partial charge in [0.05, 0.1) is 17.5 Å². The van der Waals surface area contributed by atoms with Gasteiger partial charge in [-0.1, -0.05) is 36.4 Å². The van der Waals surface area contributed by atoms with Crippen molar-refractivity contribution in [2.75, 3.05) is 6.54 Å². The smallest absolute Gasteiger partial charge is 0.156 e. The number of fused-ring (bicyclic) bond motifs is 2. The number of ketones is 1. The highest BCUT2D eigenvalue weighted by atomic mass is 16.1. The first-order valence-corrected chi connectivity index (χ1v) is 7.90. The first-order valence-electron chi connectivity index (χ1n) is 7.90. The Hall–Kier alpha value is -2.29. The Morgan fingerprint density at radius 3 is 2.82 bits per heavy atom. The average Bonchev–Trinajstić information content (AvgIpc) is 2.54. The van der Waals surface area contributed by atoms with E-state index in [4.69, 9.17) is 9.98 Å². The van der Waals surface area contributed by atoms with Gasteiger partial charge in [-0.2, -0.15) is 0 Å². The molecule has 0 fully saturated rings. The molecule has 110 valence electrons. The predicted octanol–water partition coefficient (Wildman–Crippen LogP) is 3.11. The lowest BCUT2D eigenvalue weighted by Crippen LogP contribution is -2.31. The minimum absolute atomic E-state index is 0.149. The van der Waals surface area contributed by atoms with E-state index in [1.165, 1.54) is 11.1 Å². The van der Waals surface area contributed by atoms with Crippen LogP contribution in [0.3, 0.4) is 0 Å². The molecule has 0 radical (unpaired) electrons. The maximum absolute atomic E-state index is 11.6. The minimum Gasteiger partial charge on any atom is -0.295 e. The molecule has 3 aliphatic rings. The highest BCUT2D eigenvalue weighted by molar-refractivity contribution is 6.49. The molecular formula is C19H18N2O. The van der Waals surface area contributed by atoms with Crippen LogP contribution in [0.2, 0.25) is 0 Å². The van der Waals surface area contributed by atoms with Crippen molar-refractivity contribution >= 4 is 17.2 Å². The van der Waals surface area contributed by atoms with E-state index in [1.807, 2.05) is 6.07 Å². The number of allylic oxidation sites excluding steroid dienone is 1. The SMILES string of the molecule is O=C1C=C2C=C3CCN=C(Cc4ccccc4)C3=NC2CC1. The molecule has 0 saturated carbocycles.